The Bertz CT molecular complexity index is 691. The second-order valence-corrected chi connectivity index (χ2v) is 4.30. The highest BCUT2D eigenvalue weighted by molar-refractivity contribution is 6.06. The van der Waals surface area contributed by atoms with Crippen LogP contribution in [-0.4, -0.2) is 12.1 Å². The van der Waals surface area contributed by atoms with Crippen molar-refractivity contribution in [2.45, 2.75) is 6.36 Å². The number of halogens is 4. The Morgan fingerprint density at radius 2 is 1.73 bits per heavy atom. The maximum absolute atomic E-state index is 13.5. The topological polar surface area (TPSA) is 26.3 Å². The molecular formula is C16H10F4O2. The van der Waals surface area contributed by atoms with Crippen molar-refractivity contribution in [1.82, 2.24) is 0 Å². The van der Waals surface area contributed by atoms with Crippen molar-refractivity contribution in [2.75, 3.05) is 0 Å². The van der Waals surface area contributed by atoms with Gasteiger partial charge in [-0.05, 0) is 29.8 Å². The molecule has 0 heterocycles. The lowest BCUT2D eigenvalue weighted by molar-refractivity contribution is -0.275. The third-order valence-electron chi connectivity index (χ3n) is 2.67. The molecule has 0 aliphatic rings. The van der Waals surface area contributed by atoms with Crippen LogP contribution in [0.25, 0.3) is 6.08 Å². The number of ketones is 1. The molecule has 0 spiro atoms. The summed E-state index contributed by atoms with van der Waals surface area (Å²) >= 11 is 0. The van der Waals surface area contributed by atoms with Gasteiger partial charge in [0.1, 0.15) is 0 Å². The predicted octanol–water partition coefficient (Wildman–Crippen LogP) is 4.62. The van der Waals surface area contributed by atoms with E-state index in [1.54, 1.807) is 24.3 Å². The van der Waals surface area contributed by atoms with Crippen LogP contribution < -0.4 is 4.74 Å². The Labute approximate surface area is 123 Å². The van der Waals surface area contributed by atoms with Crippen LogP contribution >= 0.6 is 0 Å². The fraction of sp³-hybridized carbons (Fsp3) is 0.0625. The van der Waals surface area contributed by atoms with E-state index in [1.165, 1.54) is 12.2 Å². The SMILES string of the molecule is O=C(/C=C/c1ccccc1)c1ccc(OC(F)(F)F)c(F)c1. The molecule has 0 fully saturated rings. The third kappa shape index (κ3) is 4.44. The zero-order valence-electron chi connectivity index (χ0n) is 11.1. The number of hydrogen-bond donors (Lipinski definition) is 0. The van der Waals surface area contributed by atoms with E-state index in [1.807, 2.05) is 6.07 Å². The first kappa shape index (κ1) is 15.8. The van der Waals surface area contributed by atoms with Gasteiger partial charge in [0.15, 0.2) is 17.3 Å². The summed E-state index contributed by atoms with van der Waals surface area (Å²) < 4.78 is 53.1. The number of allylic oxidation sites excluding steroid dienone is 1. The van der Waals surface area contributed by atoms with E-state index in [0.29, 0.717) is 6.07 Å². The van der Waals surface area contributed by atoms with Crippen LogP contribution in [0, 0.1) is 5.82 Å². The van der Waals surface area contributed by atoms with Gasteiger partial charge in [0, 0.05) is 5.56 Å². The first-order chi connectivity index (χ1) is 10.3. The average molecular weight is 310 g/mol. The van der Waals surface area contributed by atoms with Gasteiger partial charge in [-0.15, -0.1) is 13.2 Å². The van der Waals surface area contributed by atoms with Crippen molar-refractivity contribution in [3.8, 4) is 5.75 Å². The summed E-state index contributed by atoms with van der Waals surface area (Å²) in [6.07, 6.45) is -2.24. The second kappa shape index (κ2) is 6.43. The van der Waals surface area contributed by atoms with Crippen LogP contribution in [0.3, 0.4) is 0 Å². The standard InChI is InChI=1S/C16H10F4O2/c17-13-10-12(7-9-15(13)22-16(18,19)20)14(21)8-6-11-4-2-1-3-5-11/h1-10H/b8-6+. The quantitative estimate of drug-likeness (QED) is 0.468. The van der Waals surface area contributed by atoms with E-state index < -0.39 is 23.7 Å². The Balaban J connectivity index is 2.14. The van der Waals surface area contributed by atoms with E-state index in [9.17, 15) is 22.4 Å². The van der Waals surface area contributed by atoms with E-state index in [0.717, 1.165) is 17.7 Å². The van der Waals surface area contributed by atoms with Gasteiger partial charge in [0.05, 0.1) is 0 Å². The molecule has 6 heteroatoms. The van der Waals surface area contributed by atoms with Gasteiger partial charge in [-0.3, -0.25) is 4.79 Å². The number of carbonyl (C=O) groups excluding carboxylic acids is 1. The molecule has 114 valence electrons. The van der Waals surface area contributed by atoms with E-state index in [4.69, 9.17) is 0 Å². The molecule has 2 nitrogen and oxygen atoms in total. The molecule has 0 N–H and O–H groups in total. The van der Waals surface area contributed by atoms with Crippen molar-refractivity contribution in [3.05, 3.63) is 71.6 Å². The van der Waals surface area contributed by atoms with E-state index >= 15 is 0 Å². The summed E-state index contributed by atoms with van der Waals surface area (Å²) in [5.41, 5.74) is 0.701. The normalized spacial score (nSPS) is 11.6. The van der Waals surface area contributed by atoms with Gasteiger partial charge in [0.2, 0.25) is 0 Å². The fourth-order valence-corrected chi connectivity index (χ4v) is 1.69. The molecule has 0 saturated carbocycles. The smallest absolute Gasteiger partial charge is 0.403 e. The Kier molecular flexibility index (Phi) is 4.60. The molecule has 2 aromatic rings. The van der Waals surface area contributed by atoms with Gasteiger partial charge >= 0.3 is 6.36 Å². The minimum Gasteiger partial charge on any atom is -0.403 e. The van der Waals surface area contributed by atoms with Gasteiger partial charge in [0.25, 0.3) is 0 Å². The van der Waals surface area contributed by atoms with Crippen molar-refractivity contribution in [3.63, 3.8) is 0 Å². The van der Waals surface area contributed by atoms with Gasteiger partial charge in [-0.1, -0.05) is 36.4 Å². The van der Waals surface area contributed by atoms with Gasteiger partial charge in [-0.2, -0.15) is 0 Å². The van der Waals surface area contributed by atoms with E-state index in [2.05, 4.69) is 4.74 Å². The van der Waals surface area contributed by atoms with Crippen LogP contribution in [-0.2, 0) is 0 Å². The zero-order valence-corrected chi connectivity index (χ0v) is 11.1. The van der Waals surface area contributed by atoms with Gasteiger partial charge < -0.3 is 4.74 Å². The Morgan fingerprint density at radius 1 is 1.05 bits per heavy atom. The van der Waals surface area contributed by atoms with Crippen LogP contribution in [0.2, 0.25) is 0 Å². The van der Waals surface area contributed by atoms with E-state index in [-0.39, 0.29) is 5.56 Å². The molecule has 0 aromatic heterocycles. The maximum atomic E-state index is 13.5. The van der Waals surface area contributed by atoms with Crippen LogP contribution in [0.4, 0.5) is 17.6 Å². The highest BCUT2D eigenvalue weighted by atomic mass is 19.4. The summed E-state index contributed by atoms with van der Waals surface area (Å²) in [4.78, 5) is 11.9. The fourth-order valence-electron chi connectivity index (χ4n) is 1.69. The van der Waals surface area contributed by atoms with Crippen LogP contribution in [0.5, 0.6) is 5.75 Å². The summed E-state index contributed by atoms with van der Waals surface area (Å²) in [5, 5.41) is 0. The molecule has 2 aromatic carbocycles. The predicted molar refractivity (Wildman–Crippen MR) is 72.9 cm³/mol. The first-order valence-corrected chi connectivity index (χ1v) is 6.18. The number of hydrogen-bond acceptors (Lipinski definition) is 2. The van der Waals surface area contributed by atoms with Crippen molar-refractivity contribution in [2.24, 2.45) is 0 Å². The molecule has 0 aliphatic carbocycles. The molecule has 0 saturated heterocycles. The molecule has 0 amide bonds. The molecule has 22 heavy (non-hydrogen) atoms. The molecule has 0 bridgehead atoms. The summed E-state index contributed by atoms with van der Waals surface area (Å²) in [6, 6.07) is 11.5. The number of carbonyl (C=O) groups is 1. The second-order valence-electron chi connectivity index (χ2n) is 4.30. The number of rotatable bonds is 4. The average Bonchev–Trinajstić information content (AvgIpc) is 2.46. The number of benzene rings is 2. The van der Waals surface area contributed by atoms with Crippen molar-refractivity contribution in [1.29, 1.82) is 0 Å². The molecule has 0 unspecified atom stereocenters. The lowest BCUT2D eigenvalue weighted by Crippen LogP contribution is -2.18. The molecular weight excluding hydrogens is 300 g/mol. The highest BCUT2D eigenvalue weighted by Gasteiger charge is 2.32. The molecule has 0 aliphatic heterocycles. The Morgan fingerprint density at radius 3 is 2.32 bits per heavy atom. The Hall–Kier alpha value is -2.63. The highest BCUT2D eigenvalue weighted by Crippen LogP contribution is 2.26. The lowest BCUT2D eigenvalue weighted by Gasteiger charge is -2.09. The van der Waals surface area contributed by atoms with Gasteiger partial charge in [-0.25, -0.2) is 4.39 Å². The zero-order chi connectivity index (χ0) is 16.2. The third-order valence-corrected chi connectivity index (χ3v) is 2.67. The number of ether oxygens (including phenoxy) is 1. The molecule has 0 atom stereocenters. The van der Waals surface area contributed by atoms with Crippen LogP contribution in [0.1, 0.15) is 15.9 Å². The van der Waals surface area contributed by atoms with Crippen LogP contribution in [0.15, 0.2) is 54.6 Å². The minimum absolute atomic E-state index is 0.0702. The largest absolute Gasteiger partial charge is 0.573 e. The summed E-state index contributed by atoms with van der Waals surface area (Å²) in [6.45, 7) is 0. The number of alkyl halides is 3. The maximum Gasteiger partial charge on any atom is 0.573 e. The monoisotopic (exact) mass is 310 g/mol. The van der Waals surface area contributed by atoms with Crippen molar-refractivity contribution < 1.29 is 27.1 Å². The minimum atomic E-state index is -4.99. The first-order valence-electron chi connectivity index (χ1n) is 6.18. The summed E-state index contributed by atoms with van der Waals surface area (Å²) in [5.74, 6) is -2.76. The van der Waals surface area contributed by atoms with Crippen molar-refractivity contribution >= 4 is 11.9 Å². The lowest BCUT2D eigenvalue weighted by atomic mass is 10.1. The molecule has 0 radical (unpaired) electrons. The summed E-state index contributed by atoms with van der Waals surface area (Å²) in [7, 11) is 0. The molecule has 2 rings (SSSR count).